The second-order valence-electron chi connectivity index (χ2n) is 6.70. The number of rotatable bonds is 4. The lowest BCUT2D eigenvalue weighted by Crippen LogP contribution is -2.40. The number of nitrogens with one attached hydrogen (secondary N) is 1. The molecular formula is C15H26N4OS. The van der Waals surface area contributed by atoms with Gasteiger partial charge in [0.1, 0.15) is 5.82 Å². The Morgan fingerprint density at radius 3 is 2.57 bits per heavy atom. The maximum Gasteiger partial charge on any atom is 0.223 e. The van der Waals surface area contributed by atoms with Crippen LogP contribution in [0, 0.1) is 5.92 Å². The molecule has 0 atom stereocenters. The zero-order chi connectivity index (χ0) is 15.5. The molecule has 0 bridgehead atoms. The van der Waals surface area contributed by atoms with Crippen LogP contribution in [0.4, 0.5) is 5.13 Å². The van der Waals surface area contributed by atoms with Gasteiger partial charge in [0, 0.05) is 42.5 Å². The summed E-state index contributed by atoms with van der Waals surface area (Å²) in [5, 5.41) is 3.99. The number of amides is 1. The van der Waals surface area contributed by atoms with E-state index in [2.05, 4.69) is 47.3 Å². The van der Waals surface area contributed by atoms with Crippen molar-refractivity contribution in [3.63, 3.8) is 0 Å². The van der Waals surface area contributed by atoms with E-state index in [1.165, 1.54) is 11.5 Å². The Morgan fingerprint density at radius 2 is 2.05 bits per heavy atom. The van der Waals surface area contributed by atoms with Gasteiger partial charge in [-0.25, -0.2) is 4.98 Å². The summed E-state index contributed by atoms with van der Waals surface area (Å²) in [6.07, 6.45) is 2.80. The molecule has 1 aromatic rings. The molecule has 6 heteroatoms. The van der Waals surface area contributed by atoms with Crippen molar-refractivity contribution in [1.29, 1.82) is 0 Å². The second-order valence-corrected chi connectivity index (χ2v) is 7.43. The molecule has 5 nitrogen and oxygen atoms in total. The normalized spacial score (nSPS) is 17.0. The molecule has 2 rings (SSSR count). The lowest BCUT2D eigenvalue weighted by Gasteiger charge is -2.30. The number of nitrogens with zero attached hydrogens (tertiary/aromatic N) is 3. The highest BCUT2D eigenvalue weighted by molar-refractivity contribution is 7.09. The van der Waals surface area contributed by atoms with Crippen molar-refractivity contribution in [3.05, 3.63) is 5.82 Å². The van der Waals surface area contributed by atoms with Gasteiger partial charge >= 0.3 is 0 Å². The van der Waals surface area contributed by atoms with Crippen LogP contribution in [0.2, 0.25) is 0 Å². The van der Waals surface area contributed by atoms with E-state index in [-0.39, 0.29) is 17.2 Å². The Kier molecular flexibility index (Phi) is 5.19. The predicted molar refractivity (Wildman–Crippen MR) is 86.8 cm³/mol. The van der Waals surface area contributed by atoms with E-state index in [1.807, 2.05) is 0 Å². The fraction of sp³-hybridized carbons (Fsp3) is 0.800. The number of carbonyl (C=O) groups is 1. The summed E-state index contributed by atoms with van der Waals surface area (Å²) >= 11 is 1.47. The largest absolute Gasteiger partial charge is 0.356 e. The van der Waals surface area contributed by atoms with Crippen LogP contribution in [-0.4, -0.2) is 34.9 Å². The van der Waals surface area contributed by atoms with Crippen LogP contribution < -0.4 is 10.2 Å². The zero-order valence-corrected chi connectivity index (χ0v) is 14.3. The van der Waals surface area contributed by atoms with E-state index < -0.39 is 0 Å². The molecule has 1 aliphatic heterocycles. The summed E-state index contributed by atoms with van der Waals surface area (Å²) in [7, 11) is 0. The van der Waals surface area contributed by atoms with Gasteiger partial charge in [-0.05, 0) is 19.3 Å². The molecule has 1 saturated heterocycles. The molecule has 1 aromatic heterocycles. The number of hydrogen-bond donors (Lipinski definition) is 1. The molecule has 1 N–H and O–H groups in total. The highest BCUT2D eigenvalue weighted by atomic mass is 32.1. The van der Waals surface area contributed by atoms with E-state index in [9.17, 15) is 4.79 Å². The fourth-order valence-electron chi connectivity index (χ4n) is 2.37. The van der Waals surface area contributed by atoms with Gasteiger partial charge in [0.05, 0.1) is 0 Å². The first-order valence-corrected chi connectivity index (χ1v) is 8.56. The standard InChI is InChI=1S/C15H26N4OS/c1-5-8-16-12(20)11-6-9-19(10-7-11)14-17-13(18-21-14)15(2,3)4/h11H,5-10H2,1-4H3,(H,16,20). The highest BCUT2D eigenvalue weighted by Crippen LogP contribution is 2.28. The van der Waals surface area contributed by atoms with Crippen LogP contribution in [0.5, 0.6) is 0 Å². The molecule has 118 valence electrons. The van der Waals surface area contributed by atoms with E-state index in [4.69, 9.17) is 0 Å². The Labute approximate surface area is 131 Å². The first-order valence-electron chi connectivity index (χ1n) is 7.78. The van der Waals surface area contributed by atoms with Gasteiger partial charge < -0.3 is 10.2 Å². The SMILES string of the molecule is CCCNC(=O)C1CCN(c2nc(C(C)(C)C)ns2)CC1. The van der Waals surface area contributed by atoms with Crippen molar-refractivity contribution < 1.29 is 4.79 Å². The van der Waals surface area contributed by atoms with Gasteiger partial charge in [-0.15, -0.1) is 0 Å². The highest BCUT2D eigenvalue weighted by Gasteiger charge is 2.27. The molecular weight excluding hydrogens is 284 g/mol. The summed E-state index contributed by atoms with van der Waals surface area (Å²) in [4.78, 5) is 18.9. The maximum absolute atomic E-state index is 12.0. The minimum Gasteiger partial charge on any atom is -0.356 e. The Hall–Kier alpha value is -1.17. The molecule has 0 spiro atoms. The van der Waals surface area contributed by atoms with E-state index in [0.717, 1.165) is 49.9 Å². The number of carbonyl (C=O) groups excluding carboxylic acids is 1. The monoisotopic (exact) mass is 310 g/mol. The molecule has 0 aromatic carbocycles. The average molecular weight is 310 g/mol. The van der Waals surface area contributed by atoms with Crippen molar-refractivity contribution in [2.45, 2.75) is 52.4 Å². The van der Waals surface area contributed by atoms with Gasteiger partial charge in [-0.2, -0.15) is 4.37 Å². The average Bonchev–Trinajstić information content (AvgIpc) is 2.95. The van der Waals surface area contributed by atoms with E-state index in [1.54, 1.807) is 0 Å². The third-order valence-corrected chi connectivity index (χ3v) is 4.55. The first kappa shape index (κ1) is 16.2. The number of anilines is 1. The number of piperidine rings is 1. The summed E-state index contributed by atoms with van der Waals surface area (Å²) in [5.74, 6) is 1.28. The lowest BCUT2D eigenvalue weighted by atomic mass is 9.96. The lowest BCUT2D eigenvalue weighted by molar-refractivity contribution is -0.125. The summed E-state index contributed by atoms with van der Waals surface area (Å²) < 4.78 is 4.47. The summed E-state index contributed by atoms with van der Waals surface area (Å²) in [6, 6.07) is 0. The first-order chi connectivity index (χ1) is 9.91. The van der Waals surface area contributed by atoms with Crippen molar-refractivity contribution in [2.24, 2.45) is 5.92 Å². The molecule has 1 aliphatic rings. The van der Waals surface area contributed by atoms with Crippen LogP contribution in [0.3, 0.4) is 0 Å². The molecule has 0 aliphatic carbocycles. The quantitative estimate of drug-likeness (QED) is 0.928. The molecule has 1 fully saturated rings. The van der Waals surface area contributed by atoms with E-state index in [0.29, 0.717) is 0 Å². The van der Waals surface area contributed by atoms with Crippen molar-refractivity contribution in [3.8, 4) is 0 Å². The minimum absolute atomic E-state index is 0.00683. The van der Waals surface area contributed by atoms with Crippen LogP contribution in [-0.2, 0) is 10.2 Å². The van der Waals surface area contributed by atoms with Crippen molar-refractivity contribution >= 4 is 22.6 Å². The van der Waals surface area contributed by atoms with Gasteiger partial charge in [0.25, 0.3) is 0 Å². The Morgan fingerprint density at radius 1 is 1.38 bits per heavy atom. The van der Waals surface area contributed by atoms with Crippen molar-refractivity contribution in [2.75, 3.05) is 24.5 Å². The molecule has 2 heterocycles. The van der Waals surface area contributed by atoms with Crippen LogP contribution >= 0.6 is 11.5 Å². The number of aromatic nitrogens is 2. The van der Waals surface area contributed by atoms with Gasteiger partial charge in [-0.1, -0.05) is 27.7 Å². The minimum atomic E-state index is -0.00683. The Balaban J connectivity index is 1.89. The smallest absolute Gasteiger partial charge is 0.223 e. The molecule has 0 saturated carbocycles. The third-order valence-electron chi connectivity index (χ3n) is 3.77. The number of hydrogen-bond acceptors (Lipinski definition) is 5. The van der Waals surface area contributed by atoms with Gasteiger partial charge in [0.2, 0.25) is 11.0 Å². The van der Waals surface area contributed by atoms with Gasteiger partial charge in [-0.3, -0.25) is 4.79 Å². The summed E-state index contributed by atoms with van der Waals surface area (Å²) in [5.41, 5.74) is -0.00683. The van der Waals surface area contributed by atoms with Gasteiger partial charge in [0.15, 0.2) is 0 Å². The van der Waals surface area contributed by atoms with E-state index >= 15 is 0 Å². The molecule has 1 amide bonds. The molecule has 0 radical (unpaired) electrons. The fourth-order valence-corrected chi connectivity index (χ4v) is 3.28. The Bertz CT molecular complexity index is 472. The second kappa shape index (κ2) is 6.73. The topological polar surface area (TPSA) is 58.1 Å². The summed E-state index contributed by atoms with van der Waals surface area (Å²) in [6.45, 7) is 11.0. The molecule has 0 unspecified atom stereocenters. The zero-order valence-electron chi connectivity index (χ0n) is 13.5. The third kappa shape index (κ3) is 4.15. The van der Waals surface area contributed by atoms with Crippen LogP contribution in [0.1, 0.15) is 52.8 Å². The van der Waals surface area contributed by atoms with Crippen LogP contribution in [0.15, 0.2) is 0 Å². The maximum atomic E-state index is 12.0. The predicted octanol–water partition coefficient (Wildman–Crippen LogP) is 2.58. The molecule has 21 heavy (non-hydrogen) atoms. The van der Waals surface area contributed by atoms with Crippen molar-refractivity contribution in [1.82, 2.24) is 14.7 Å². The van der Waals surface area contributed by atoms with Crippen LogP contribution in [0.25, 0.3) is 0 Å².